The van der Waals surface area contributed by atoms with E-state index in [1.165, 1.54) is 111 Å². The summed E-state index contributed by atoms with van der Waals surface area (Å²) in [4.78, 5) is 0. The number of rotatable bonds is 6. The van der Waals surface area contributed by atoms with Gasteiger partial charge in [-0.1, -0.05) is 140 Å². The molecule has 54 heavy (non-hydrogen) atoms. The lowest BCUT2D eigenvalue weighted by atomic mass is 9.91. The molecule has 0 unspecified atom stereocenters. The van der Waals surface area contributed by atoms with Crippen molar-refractivity contribution in [2.75, 3.05) is 0 Å². The molecule has 0 N–H and O–H groups in total. The van der Waals surface area contributed by atoms with Crippen LogP contribution >= 0.6 is 0 Å². The minimum absolute atomic E-state index is 0.988. The van der Waals surface area contributed by atoms with Gasteiger partial charge in [-0.25, -0.2) is 0 Å². The Bertz CT molecular complexity index is 2900. The van der Waals surface area contributed by atoms with Crippen LogP contribution in [0.1, 0.15) is 34.7 Å². The van der Waals surface area contributed by atoms with Gasteiger partial charge in [0.05, 0.1) is 11.0 Å². The molecular weight excluding hydrogens is 651 g/mol. The van der Waals surface area contributed by atoms with Crippen molar-refractivity contribution >= 4 is 21.8 Å². The fourth-order valence-electron chi connectivity index (χ4n) is 8.80. The second kappa shape index (κ2) is 12.9. The molecule has 0 amide bonds. The number of nitrogens with zero attached hydrogens (tertiary/aromatic N) is 1. The Morgan fingerprint density at radius 2 is 1.06 bits per heavy atom. The Morgan fingerprint density at radius 1 is 0.426 bits per heavy atom. The highest BCUT2D eigenvalue weighted by molar-refractivity contribution is 6.09. The number of benzene rings is 8. The van der Waals surface area contributed by atoms with E-state index in [4.69, 9.17) is 0 Å². The lowest BCUT2D eigenvalue weighted by molar-refractivity contribution is 1.14. The molecule has 9 aromatic rings. The van der Waals surface area contributed by atoms with E-state index in [0.717, 1.165) is 12.8 Å². The molecule has 1 heteroatoms. The summed E-state index contributed by atoms with van der Waals surface area (Å²) in [6.07, 6.45) is 1.99. The van der Waals surface area contributed by atoms with Gasteiger partial charge >= 0.3 is 0 Å². The van der Waals surface area contributed by atoms with Crippen LogP contribution in [0.25, 0.3) is 83.1 Å². The Kier molecular flexibility index (Phi) is 7.70. The van der Waals surface area contributed by atoms with Crippen molar-refractivity contribution in [3.05, 3.63) is 198 Å². The standard InChI is InChI=1S/C53H41N/c1-4-36-28-39(24-25-48(36)46-13-7-5-11-35(46)3)37-18-20-38(21-19-37)43-30-44(40-22-23-42-29-41-12-6-8-14-47(41)50(42)33-40)32-45(31-43)54-52-16-10-9-15-49(52)51-27-34(2)17-26-53(51)54/h5-28,30-33H,4,29H2,1-3H3. The average molecular weight is 692 g/mol. The van der Waals surface area contributed by atoms with Crippen molar-refractivity contribution in [2.24, 2.45) is 0 Å². The first kappa shape index (κ1) is 32.2. The SMILES string of the molecule is CCc1cc(-c2ccc(-c3cc(-c4ccc5c(c4)-c4ccccc4C5)cc(-n4c5ccccc5c5cc(C)ccc54)c3)cc2)ccc1-c1ccccc1C. The van der Waals surface area contributed by atoms with Crippen molar-refractivity contribution in [3.8, 4) is 61.3 Å². The summed E-state index contributed by atoms with van der Waals surface area (Å²) in [6.45, 7) is 6.64. The lowest BCUT2D eigenvalue weighted by Gasteiger charge is -2.15. The highest BCUT2D eigenvalue weighted by Gasteiger charge is 2.20. The molecule has 10 rings (SSSR count). The van der Waals surface area contributed by atoms with Crippen molar-refractivity contribution in [1.82, 2.24) is 4.57 Å². The summed E-state index contributed by atoms with van der Waals surface area (Å²) in [5.74, 6) is 0. The molecule has 1 aliphatic carbocycles. The van der Waals surface area contributed by atoms with Crippen molar-refractivity contribution < 1.29 is 0 Å². The topological polar surface area (TPSA) is 4.93 Å². The maximum absolute atomic E-state index is 2.45. The van der Waals surface area contributed by atoms with Crippen LogP contribution in [0.5, 0.6) is 0 Å². The van der Waals surface area contributed by atoms with Gasteiger partial charge in [-0.2, -0.15) is 0 Å². The van der Waals surface area contributed by atoms with Crippen LogP contribution in [0, 0.1) is 13.8 Å². The summed E-state index contributed by atoms with van der Waals surface area (Å²) in [7, 11) is 0. The molecule has 1 aliphatic rings. The second-order valence-corrected chi connectivity index (χ2v) is 15.0. The Hall–Kier alpha value is -6.44. The molecular formula is C53H41N. The highest BCUT2D eigenvalue weighted by atomic mass is 15.0. The zero-order chi connectivity index (χ0) is 36.3. The number of hydrogen-bond acceptors (Lipinski definition) is 0. The third-order valence-electron chi connectivity index (χ3n) is 11.6. The third kappa shape index (κ3) is 5.39. The van der Waals surface area contributed by atoms with E-state index in [0.29, 0.717) is 0 Å². The average Bonchev–Trinajstić information content (AvgIpc) is 3.76. The normalized spacial score (nSPS) is 12.0. The smallest absolute Gasteiger partial charge is 0.0541 e. The van der Waals surface area contributed by atoms with Gasteiger partial charge in [0.15, 0.2) is 0 Å². The van der Waals surface area contributed by atoms with Gasteiger partial charge in [0.2, 0.25) is 0 Å². The molecule has 0 bridgehead atoms. The molecule has 0 saturated carbocycles. The van der Waals surface area contributed by atoms with Crippen LogP contribution in [0.3, 0.4) is 0 Å². The molecule has 0 atom stereocenters. The molecule has 0 aliphatic heterocycles. The number of aryl methyl sites for hydroxylation is 3. The quantitative estimate of drug-likeness (QED) is 0.164. The predicted molar refractivity (Wildman–Crippen MR) is 230 cm³/mol. The Labute approximate surface area is 317 Å². The van der Waals surface area contributed by atoms with Crippen LogP contribution in [0.15, 0.2) is 170 Å². The first-order valence-electron chi connectivity index (χ1n) is 19.2. The van der Waals surface area contributed by atoms with E-state index in [1.807, 2.05) is 0 Å². The Morgan fingerprint density at radius 3 is 1.87 bits per heavy atom. The van der Waals surface area contributed by atoms with Gasteiger partial charge in [-0.15, -0.1) is 0 Å². The summed E-state index contributed by atoms with van der Waals surface area (Å²) < 4.78 is 2.45. The Balaban J connectivity index is 1.11. The largest absolute Gasteiger partial charge is 0.309 e. The zero-order valence-electron chi connectivity index (χ0n) is 31.0. The van der Waals surface area contributed by atoms with E-state index in [9.17, 15) is 0 Å². The lowest BCUT2D eigenvalue weighted by Crippen LogP contribution is -1.96. The summed E-state index contributed by atoms with van der Waals surface area (Å²) in [5, 5.41) is 2.57. The zero-order valence-corrected chi connectivity index (χ0v) is 31.0. The van der Waals surface area contributed by atoms with Crippen LogP contribution < -0.4 is 0 Å². The molecule has 258 valence electrons. The molecule has 1 aromatic heterocycles. The number of para-hydroxylation sites is 1. The van der Waals surface area contributed by atoms with Crippen LogP contribution in [0.4, 0.5) is 0 Å². The molecule has 1 heterocycles. The molecule has 1 nitrogen and oxygen atoms in total. The maximum Gasteiger partial charge on any atom is 0.0541 e. The fourth-order valence-corrected chi connectivity index (χ4v) is 8.80. The van der Waals surface area contributed by atoms with Gasteiger partial charge in [-0.3, -0.25) is 0 Å². The highest BCUT2D eigenvalue weighted by Crippen LogP contribution is 2.41. The fraction of sp³-hybridized carbons (Fsp3) is 0.0943. The van der Waals surface area contributed by atoms with Crippen LogP contribution in [-0.2, 0) is 12.8 Å². The van der Waals surface area contributed by atoms with E-state index >= 15 is 0 Å². The van der Waals surface area contributed by atoms with Gasteiger partial charge in [0.25, 0.3) is 0 Å². The predicted octanol–water partition coefficient (Wildman–Crippen LogP) is 14.2. The number of hydrogen-bond donors (Lipinski definition) is 0. The van der Waals surface area contributed by atoms with E-state index in [-0.39, 0.29) is 0 Å². The number of fused-ring (bicyclic) bond motifs is 6. The van der Waals surface area contributed by atoms with Gasteiger partial charge in [0, 0.05) is 16.5 Å². The van der Waals surface area contributed by atoms with Crippen molar-refractivity contribution in [2.45, 2.75) is 33.6 Å². The van der Waals surface area contributed by atoms with E-state index in [1.54, 1.807) is 0 Å². The minimum atomic E-state index is 0.988. The van der Waals surface area contributed by atoms with Crippen LogP contribution in [-0.4, -0.2) is 4.57 Å². The van der Waals surface area contributed by atoms with Gasteiger partial charge in [0.1, 0.15) is 0 Å². The molecule has 0 spiro atoms. The van der Waals surface area contributed by atoms with Crippen LogP contribution in [0.2, 0.25) is 0 Å². The third-order valence-corrected chi connectivity index (χ3v) is 11.6. The molecule has 0 fully saturated rings. The summed E-state index contributed by atoms with van der Waals surface area (Å²) in [5.41, 5.74) is 23.1. The second-order valence-electron chi connectivity index (χ2n) is 15.0. The maximum atomic E-state index is 2.45. The first-order valence-corrected chi connectivity index (χ1v) is 19.2. The van der Waals surface area contributed by atoms with E-state index in [2.05, 4.69) is 195 Å². The summed E-state index contributed by atoms with van der Waals surface area (Å²) in [6, 6.07) is 63.6. The monoisotopic (exact) mass is 691 g/mol. The first-order chi connectivity index (χ1) is 26.5. The minimum Gasteiger partial charge on any atom is -0.309 e. The van der Waals surface area contributed by atoms with Crippen molar-refractivity contribution in [1.29, 1.82) is 0 Å². The van der Waals surface area contributed by atoms with Crippen molar-refractivity contribution in [3.63, 3.8) is 0 Å². The molecule has 0 saturated heterocycles. The molecule has 8 aromatic carbocycles. The van der Waals surface area contributed by atoms with Gasteiger partial charge < -0.3 is 4.57 Å². The number of aromatic nitrogens is 1. The van der Waals surface area contributed by atoms with E-state index < -0.39 is 0 Å². The summed E-state index contributed by atoms with van der Waals surface area (Å²) >= 11 is 0. The van der Waals surface area contributed by atoms with Gasteiger partial charge in [-0.05, 0) is 147 Å². The molecule has 0 radical (unpaired) electrons.